The predicted octanol–water partition coefficient (Wildman–Crippen LogP) is 2.27. The molecule has 3 amide bonds. The zero-order chi connectivity index (χ0) is 19.6. The molecular weight excluding hydrogens is 417 g/mol. The van der Waals surface area contributed by atoms with Gasteiger partial charge in [0, 0.05) is 18.7 Å². The number of nitrogens with one attached hydrogen (secondary N) is 3. The van der Waals surface area contributed by atoms with E-state index in [0.717, 1.165) is 0 Å². The van der Waals surface area contributed by atoms with Gasteiger partial charge in [0.2, 0.25) is 10.0 Å². The van der Waals surface area contributed by atoms with Crippen molar-refractivity contribution in [2.45, 2.75) is 10.9 Å². The predicted molar refractivity (Wildman–Crippen MR) is 98.6 cm³/mol. The SMILES string of the molecule is O=C1NC(=O)[C@H](CNS(=O)(=O)c2cccc(Oc3ccc(Cl)c(Cl)c3)c2)N1. The highest BCUT2D eigenvalue weighted by molar-refractivity contribution is 7.89. The molecule has 2 aromatic carbocycles. The van der Waals surface area contributed by atoms with Crippen LogP contribution >= 0.6 is 23.2 Å². The van der Waals surface area contributed by atoms with Crippen LogP contribution in [-0.4, -0.2) is 32.9 Å². The average Bonchev–Trinajstić information content (AvgIpc) is 2.94. The first kappa shape index (κ1) is 19.4. The summed E-state index contributed by atoms with van der Waals surface area (Å²) < 4.78 is 32.7. The molecule has 1 saturated heterocycles. The Balaban J connectivity index is 1.72. The van der Waals surface area contributed by atoms with Gasteiger partial charge in [0.05, 0.1) is 14.9 Å². The Bertz CT molecular complexity index is 1010. The normalized spacial score (nSPS) is 16.7. The van der Waals surface area contributed by atoms with E-state index >= 15 is 0 Å². The molecule has 1 fully saturated rings. The van der Waals surface area contributed by atoms with Crippen molar-refractivity contribution in [3.05, 3.63) is 52.5 Å². The number of hydrogen-bond donors (Lipinski definition) is 3. The highest BCUT2D eigenvalue weighted by atomic mass is 35.5. The van der Waals surface area contributed by atoms with Gasteiger partial charge in [-0.2, -0.15) is 0 Å². The van der Waals surface area contributed by atoms with Crippen LogP contribution in [0.5, 0.6) is 11.5 Å². The molecule has 27 heavy (non-hydrogen) atoms. The van der Waals surface area contributed by atoms with Crippen molar-refractivity contribution in [3.8, 4) is 11.5 Å². The van der Waals surface area contributed by atoms with Crippen molar-refractivity contribution in [2.75, 3.05) is 6.54 Å². The Morgan fingerprint density at radius 3 is 2.44 bits per heavy atom. The number of carbonyl (C=O) groups is 2. The van der Waals surface area contributed by atoms with Gasteiger partial charge < -0.3 is 10.1 Å². The largest absolute Gasteiger partial charge is 0.457 e. The van der Waals surface area contributed by atoms with E-state index < -0.39 is 28.0 Å². The van der Waals surface area contributed by atoms with Crippen LogP contribution in [-0.2, 0) is 14.8 Å². The van der Waals surface area contributed by atoms with Crippen LogP contribution in [0.15, 0.2) is 47.4 Å². The third kappa shape index (κ3) is 4.69. The van der Waals surface area contributed by atoms with Crippen LogP contribution in [0.25, 0.3) is 0 Å². The lowest BCUT2D eigenvalue weighted by Gasteiger charge is -2.11. The second-order valence-electron chi connectivity index (χ2n) is 5.52. The van der Waals surface area contributed by atoms with E-state index in [2.05, 4.69) is 10.0 Å². The maximum absolute atomic E-state index is 12.4. The van der Waals surface area contributed by atoms with Crippen LogP contribution in [0.3, 0.4) is 0 Å². The lowest BCUT2D eigenvalue weighted by molar-refractivity contribution is -0.120. The third-order valence-electron chi connectivity index (χ3n) is 3.58. The van der Waals surface area contributed by atoms with Gasteiger partial charge in [0.1, 0.15) is 17.5 Å². The smallest absolute Gasteiger partial charge is 0.322 e. The number of carbonyl (C=O) groups excluding carboxylic acids is 2. The molecule has 1 heterocycles. The van der Waals surface area contributed by atoms with Crippen molar-refractivity contribution in [3.63, 3.8) is 0 Å². The van der Waals surface area contributed by atoms with Crippen molar-refractivity contribution < 1.29 is 22.7 Å². The van der Waals surface area contributed by atoms with Gasteiger partial charge >= 0.3 is 6.03 Å². The van der Waals surface area contributed by atoms with E-state index in [4.69, 9.17) is 27.9 Å². The minimum Gasteiger partial charge on any atom is -0.457 e. The number of benzene rings is 2. The summed E-state index contributed by atoms with van der Waals surface area (Å²) in [5.41, 5.74) is 0. The first-order valence-electron chi connectivity index (χ1n) is 7.58. The first-order chi connectivity index (χ1) is 12.7. The Hall–Kier alpha value is -2.33. The molecule has 1 aliphatic rings. The zero-order valence-corrected chi connectivity index (χ0v) is 15.9. The van der Waals surface area contributed by atoms with Crippen molar-refractivity contribution in [1.29, 1.82) is 0 Å². The highest BCUT2D eigenvalue weighted by Gasteiger charge is 2.30. The fourth-order valence-electron chi connectivity index (χ4n) is 2.26. The topological polar surface area (TPSA) is 114 Å². The van der Waals surface area contributed by atoms with E-state index in [-0.39, 0.29) is 17.2 Å². The number of ether oxygens (including phenoxy) is 1. The molecule has 2 aromatic rings. The summed E-state index contributed by atoms with van der Waals surface area (Å²) >= 11 is 11.8. The van der Waals surface area contributed by atoms with Crippen LogP contribution in [0.1, 0.15) is 0 Å². The standard InChI is InChI=1S/C16H13Cl2N3O5S/c17-12-5-4-10(7-13(12)18)26-9-2-1-3-11(6-9)27(24,25)19-8-14-15(22)21-16(23)20-14/h1-7,14,19H,8H2,(H2,20,21,22,23)/t14-/m0/s1. The number of urea groups is 1. The van der Waals surface area contributed by atoms with Gasteiger partial charge in [-0.25, -0.2) is 17.9 Å². The van der Waals surface area contributed by atoms with E-state index in [0.29, 0.717) is 15.8 Å². The number of sulfonamides is 1. The molecule has 0 aromatic heterocycles. The molecule has 0 spiro atoms. The van der Waals surface area contributed by atoms with Gasteiger partial charge in [-0.15, -0.1) is 0 Å². The summed E-state index contributed by atoms with van der Waals surface area (Å²) in [5.74, 6) is 0.0554. The molecule has 142 valence electrons. The molecule has 8 nitrogen and oxygen atoms in total. The van der Waals surface area contributed by atoms with Gasteiger partial charge in [-0.3, -0.25) is 10.1 Å². The second kappa shape index (κ2) is 7.73. The Labute approximate surface area is 164 Å². The summed E-state index contributed by atoms with van der Waals surface area (Å²) in [5, 5.41) is 5.00. The molecule has 0 saturated carbocycles. The molecule has 0 aliphatic carbocycles. The lowest BCUT2D eigenvalue weighted by Crippen LogP contribution is -2.41. The van der Waals surface area contributed by atoms with Crippen LogP contribution in [0.2, 0.25) is 10.0 Å². The molecule has 0 radical (unpaired) electrons. The molecule has 0 bridgehead atoms. The number of amides is 3. The number of rotatable bonds is 6. The van der Waals surface area contributed by atoms with Crippen molar-refractivity contribution >= 4 is 45.2 Å². The summed E-state index contributed by atoms with van der Waals surface area (Å²) in [7, 11) is -3.93. The Morgan fingerprint density at radius 1 is 1.04 bits per heavy atom. The fourth-order valence-corrected chi connectivity index (χ4v) is 3.63. The number of imide groups is 1. The van der Waals surface area contributed by atoms with Crippen LogP contribution in [0.4, 0.5) is 4.79 Å². The van der Waals surface area contributed by atoms with E-state index in [1.54, 1.807) is 18.2 Å². The maximum Gasteiger partial charge on any atom is 0.322 e. The fraction of sp³-hybridized carbons (Fsp3) is 0.125. The molecule has 1 aliphatic heterocycles. The molecule has 1 atom stereocenters. The lowest BCUT2D eigenvalue weighted by atomic mass is 10.3. The van der Waals surface area contributed by atoms with Crippen LogP contribution < -0.4 is 20.1 Å². The van der Waals surface area contributed by atoms with E-state index in [1.807, 2.05) is 5.32 Å². The van der Waals surface area contributed by atoms with Gasteiger partial charge in [-0.1, -0.05) is 29.3 Å². The molecule has 11 heteroatoms. The molecule has 0 unspecified atom stereocenters. The summed E-state index contributed by atoms with van der Waals surface area (Å²) in [6.45, 7) is -0.280. The number of hydrogen-bond acceptors (Lipinski definition) is 5. The average molecular weight is 430 g/mol. The molecule has 3 N–H and O–H groups in total. The van der Waals surface area contributed by atoms with Crippen molar-refractivity contribution in [1.82, 2.24) is 15.4 Å². The molecule has 3 rings (SSSR count). The van der Waals surface area contributed by atoms with Gasteiger partial charge in [0.25, 0.3) is 5.91 Å². The Kier molecular flexibility index (Phi) is 5.56. The number of halogens is 2. The van der Waals surface area contributed by atoms with Gasteiger partial charge in [-0.05, 0) is 24.3 Å². The molecular formula is C16H13Cl2N3O5S. The van der Waals surface area contributed by atoms with Crippen LogP contribution in [0, 0.1) is 0 Å². The highest BCUT2D eigenvalue weighted by Crippen LogP contribution is 2.30. The summed E-state index contributed by atoms with van der Waals surface area (Å²) in [6, 6.07) is 8.79. The minimum atomic E-state index is -3.93. The zero-order valence-electron chi connectivity index (χ0n) is 13.5. The first-order valence-corrected chi connectivity index (χ1v) is 9.82. The van der Waals surface area contributed by atoms with Gasteiger partial charge in [0.15, 0.2) is 0 Å². The summed E-state index contributed by atoms with van der Waals surface area (Å²) in [6.07, 6.45) is 0. The monoisotopic (exact) mass is 429 g/mol. The van der Waals surface area contributed by atoms with Crippen molar-refractivity contribution in [2.24, 2.45) is 0 Å². The minimum absolute atomic E-state index is 0.0650. The summed E-state index contributed by atoms with van der Waals surface area (Å²) in [4.78, 5) is 22.5. The quantitative estimate of drug-likeness (QED) is 0.609. The van der Waals surface area contributed by atoms with E-state index in [1.165, 1.54) is 24.3 Å². The van der Waals surface area contributed by atoms with E-state index in [9.17, 15) is 18.0 Å². The maximum atomic E-state index is 12.4. The second-order valence-corrected chi connectivity index (χ2v) is 8.10. The Morgan fingerprint density at radius 2 is 1.78 bits per heavy atom. The third-order valence-corrected chi connectivity index (χ3v) is 5.74.